The fourth-order valence-corrected chi connectivity index (χ4v) is 2.49. The fraction of sp³-hybridized carbons (Fsp3) is 0.500. The maximum atomic E-state index is 11.7. The van der Waals surface area contributed by atoms with Gasteiger partial charge in [0.2, 0.25) is 10.0 Å². The van der Waals surface area contributed by atoms with E-state index >= 15 is 0 Å². The summed E-state index contributed by atoms with van der Waals surface area (Å²) >= 11 is 0. The first-order valence-corrected chi connectivity index (χ1v) is 7.63. The molecule has 0 bridgehead atoms. The molecule has 1 aromatic carbocycles. The Morgan fingerprint density at radius 1 is 1.22 bits per heavy atom. The molecule has 0 fully saturated rings. The zero-order valence-electron chi connectivity index (χ0n) is 10.5. The topological polar surface area (TPSA) is 78.4 Å². The Hall–Kier alpha value is -1.11. The van der Waals surface area contributed by atoms with Crippen LogP contribution >= 0.6 is 0 Å². The van der Waals surface area contributed by atoms with Crippen LogP contribution in [0, 0.1) is 0 Å². The molecule has 0 amide bonds. The predicted molar refractivity (Wildman–Crippen MR) is 73.2 cm³/mol. The van der Waals surface area contributed by atoms with Crippen LogP contribution in [-0.2, 0) is 16.4 Å². The summed E-state index contributed by atoms with van der Waals surface area (Å²) in [6.45, 7) is 3.22. The van der Waals surface area contributed by atoms with E-state index in [1.165, 1.54) is 0 Å². The first-order valence-electron chi connectivity index (χ1n) is 5.98. The van der Waals surface area contributed by atoms with Crippen molar-refractivity contribution >= 4 is 15.7 Å². The van der Waals surface area contributed by atoms with Crippen molar-refractivity contribution in [1.29, 1.82) is 0 Å². The van der Waals surface area contributed by atoms with E-state index in [9.17, 15) is 8.42 Å². The van der Waals surface area contributed by atoms with Gasteiger partial charge in [-0.05, 0) is 30.7 Å². The van der Waals surface area contributed by atoms with Crippen LogP contribution in [0.4, 0.5) is 5.69 Å². The van der Waals surface area contributed by atoms with E-state index in [1.807, 2.05) is 6.92 Å². The summed E-state index contributed by atoms with van der Waals surface area (Å²) in [4.78, 5) is 0. The van der Waals surface area contributed by atoms with E-state index in [1.54, 1.807) is 24.3 Å². The first kappa shape index (κ1) is 14.9. The minimum atomic E-state index is -3.29. The molecule has 0 unspecified atom stereocenters. The van der Waals surface area contributed by atoms with E-state index in [0.29, 0.717) is 18.7 Å². The van der Waals surface area contributed by atoms with Gasteiger partial charge in [-0.25, -0.2) is 8.42 Å². The first-order chi connectivity index (χ1) is 8.57. The monoisotopic (exact) mass is 272 g/mol. The average molecular weight is 272 g/mol. The van der Waals surface area contributed by atoms with Crippen LogP contribution < -0.4 is 10.0 Å². The number of sulfonamides is 1. The van der Waals surface area contributed by atoms with E-state index in [2.05, 4.69) is 10.0 Å². The summed E-state index contributed by atoms with van der Waals surface area (Å²) in [5, 5.41) is 11.7. The summed E-state index contributed by atoms with van der Waals surface area (Å²) in [6.07, 6.45) is 0.577. The Morgan fingerprint density at radius 3 is 2.44 bits per heavy atom. The zero-order valence-corrected chi connectivity index (χ0v) is 11.3. The molecule has 0 aliphatic carbocycles. The van der Waals surface area contributed by atoms with Crippen LogP contribution in [0.2, 0.25) is 0 Å². The second kappa shape index (κ2) is 7.35. The molecule has 0 heterocycles. The van der Waals surface area contributed by atoms with Crippen LogP contribution in [-0.4, -0.2) is 39.0 Å². The quantitative estimate of drug-likeness (QED) is 0.605. The van der Waals surface area contributed by atoms with Crippen LogP contribution in [0.5, 0.6) is 0 Å². The molecule has 0 aromatic heterocycles. The van der Waals surface area contributed by atoms with Crippen molar-refractivity contribution in [3.05, 3.63) is 29.8 Å². The van der Waals surface area contributed by atoms with Gasteiger partial charge < -0.3 is 10.4 Å². The van der Waals surface area contributed by atoms with E-state index in [-0.39, 0.29) is 12.4 Å². The molecule has 18 heavy (non-hydrogen) atoms. The van der Waals surface area contributed by atoms with Gasteiger partial charge in [-0.2, -0.15) is 0 Å². The summed E-state index contributed by atoms with van der Waals surface area (Å²) in [7, 11) is -3.29. The molecule has 1 aromatic rings. The molecule has 1 rings (SSSR count). The van der Waals surface area contributed by atoms with Gasteiger partial charge in [0.15, 0.2) is 0 Å². The van der Waals surface area contributed by atoms with Crippen molar-refractivity contribution in [1.82, 2.24) is 5.32 Å². The van der Waals surface area contributed by atoms with E-state index in [0.717, 1.165) is 12.1 Å². The van der Waals surface area contributed by atoms with Gasteiger partial charge in [0.1, 0.15) is 0 Å². The molecular formula is C12H20N2O3S. The molecule has 5 nitrogen and oxygen atoms in total. The predicted octanol–water partition coefficient (Wildman–Crippen LogP) is 0.573. The molecule has 0 radical (unpaired) electrons. The minimum Gasteiger partial charge on any atom is -0.396 e. The minimum absolute atomic E-state index is 0.0548. The number of aliphatic hydroxyl groups is 1. The number of aliphatic hydroxyl groups excluding tert-OH is 1. The number of hydrogen-bond donors (Lipinski definition) is 3. The van der Waals surface area contributed by atoms with Crippen molar-refractivity contribution in [2.45, 2.75) is 13.3 Å². The highest BCUT2D eigenvalue weighted by atomic mass is 32.2. The second-order valence-electron chi connectivity index (χ2n) is 3.95. The molecule has 0 saturated heterocycles. The average Bonchev–Trinajstić information content (AvgIpc) is 2.32. The molecule has 3 N–H and O–H groups in total. The van der Waals surface area contributed by atoms with Crippen molar-refractivity contribution in [2.75, 3.05) is 30.2 Å². The maximum Gasteiger partial charge on any atom is 0.233 e. The Labute approximate surface area is 108 Å². The standard InChI is InChI=1S/C12H20N2O3S/c1-2-13-8-10-18(16,17)14-12-5-3-11(4-6-12)7-9-15/h3-6,13-15H,2,7-10H2,1H3. The SMILES string of the molecule is CCNCCS(=O)(=O)Nc1ccc(CCO)cc1. The van der Waals surface area contributed by atoms with Gasteiger partial charge in [-0.15, -0.1) is 0 Å². The number of rotatable bonds is 8. The van der Waals surface area contributed by atoms with Crippen LogP contribution in [0.15, 0.2) is 24.3 Å². The molecule has 0 saturated carbocycles. The Balaban J connectivity index is 2.55. The second-order valence-corrected chi connectivity index (χ2v) is 5.79. The van der Waals surface area contributed by atoms with Crippen LogP contribution in [0.1, 0.15) is 12.5 Å². The summed E-state index contributed by atoms with van der Waals surface area (Å²) in [5.74, 6) is 0.0548. The lowest BCUT2D eigenvalue weighted by Gasteiger charge is -2.08. The van der Waals surface area contributed by atoms with Crippen LogP contribution in [0.25, 0.3) is 0 Å². The van der Waals surface area contributed by atoms with Gasteiger partial charge in [0.05, 0.1) is 5.75 Å². The number of anilines is 1. The molecule has 0 spiro atoms. The summed E-state index contributed by atoms with van der Waals surface area (Å²) in [6, 6.07) is 7.02. The number of benzene rings is 1. The number of nitrogens with one attached hydrogen (secondary N) is 2. The third-order valence-electron chi connectivity index (χ3n) is 2.43. The molecule has 102 valence electrons. The van der Waals surface area contributed by atoms with Gasteiger partial charge in [-0.1, -0.05) is 19.1 Å². The van der Waals surface area contributed by atoms with Crippen molar-refractivity contribution in [2.24, 2.45) is 0 Å². The van der Waals surface area contributed by atoms with E-state index < -0.39 is 10.0 Å². The van der Waals surface area contributed by atoms with Gasteiger partial charge in [-0.3, -0.25) is 4.72 Å². The highest BCUT2D eigenvalue weighted by Crippen LogP contribution is 2.11. The van der Waals surface area contributed by atoms with Crippen LogP contribution in [0.3, 0.4) is 0 Å². The lowest BCUT2D eigenvalue weighted by Crippen LogP contribution is -2.26. The molecular weight excluding hydrogens is 252 g/mol. The third kappa shape index (κ3) is 5.48. The highest BCUT2D eigenvalue weighted by molar-refractivity contribution is 7.92. The fourth-order valence-electron chi connectivity index (χ4n) is 1.48. The largest absolute Gasteiger partial charge is 0.396 e. The smallest absolute Gasteiger partial charge is 0.233 e. The molecule has 0 atom stereocenters. The van der Waals surface area contributed by atoms with Crippen molar-refractivity contribution in [3.8, 4) is 0 Å². The lowest BCUT2D eigenvalue weighted by atomic mass is 10.1. The van der Waals surface area contributed by atoms with Gasteiger partial charge in [0.25, 0.3) is 0 Å². The zero-order chi connectivity index (χ0) is 13.4. The Morgan fingerprint density at radius 2 is 1.89 bits per heavy atom. The number of hydrogen-bond acceptors (Lipinski definition) is 4. The van der Waals surface area contributed by atoms with E-state index in [4.69, 9.17) is 5.11 Å². The molecule has 6 heteroatoms. The van der Waals surface area contributed by atoms with Crippen molar-refractivity contribution in [3.63, 3.8) is 0 Å². The highest BCUT2D eigenvalue weighted by Gasteiger charge is 2.09. The Kier molecular flexibility index (Phi) is 6.11. The summed E-state index contributed by atoms with van der Waals surface area (Å²) in [5.41, 5.74) is 1.53. The molecule has 0 aliphatic heterocycles. The summed E-state index contributed by atoms with van der Waals surface area (Å²) < 4.78 is 25.9. The third-order valence-corrected chi connectivity index (χ3v) is 3.71. The Bertz CT molecular complexity index is 443. The maximum absolute atomic E-state index is 11.7. The normalized spacial score (nSPS) is 11.4. The van der Waals surface area contributed by atoms with Crippen molar-refractivity contribution < 1.29 is 13.5 Å². The van der Waals surface area contributed by atoms with Gasteiger partial charge in [0, 0.05) is 18.8 Å². The van der Waals surface area contributed by atoms with Gasteiger partial charge >= 0.3 is 0 Å². The molecule has 0 aliphatic rings. The lowest BCUT2D eigenvalue weighted by molar-refractivity contribution is 0.299.